The molecule has 0 saturated heterocycles. The maximum absolute atomic E-state index is 5.72. The molecule has 1 aromatic heterocycles. The highest BCUT2D eigenvalue weighted by molar-refractivity contribution is 6.30. The van der Waals surface area contributed by atoms with E-state index in [2.05, 4.69) is 16.4 Å². The van der Waals surface area contributed by atoms with Crippen LogP contribution in [0.5, 0.6) is 0 Å². The number of halogens is 1. The van der Waals surface area contributed by atoms with Gasteiger partial charge >= 0.3 is 0 Å². The molecular weight excluding hydrogens is 174 g/mol. The van der Waals surface area contributed by atoms with Crippen LogP contribution in [0.2, 0.25) is 5.02 Å². The second-order valence-electron chi connectivity index (χ2n) is 2.25. The lowest BCUT2D eigenvalue weighted by Crippen LogP contribution is -1.93. The predicted molar refractivity (Wildman–Crippen MR) is 45.2 cm³/mol. The van der Waals surface area contributed by atoms with Crippen molar-refractivity contribution in [1.29, 1.82) is 0 Å². The Bertz CT molecular complexity index is 352. The van der Waals surface area contributed by atoms with Crippen molar-refractivity contribution in [2.45, 2.75) is 0 Å². The van der Waals surface area contributed by atoms with Crippen LogP contribution in [-0.2, 0) is 0 Å². The van der Waals surface area contributed by atoms with Gasteiger partial charge in [0, 0.05) is 5.02 Å². The second kappa shape index (κ2) is 2.95. The van der Waals surface area contributed by atoms with Crippen LogP contribution in [0.4, 0.5) is 0 Å². The molecule has 3 nitrogen and oxygen atoms in total. The molecule has 0 N–H and O–H groups in total. The largest absolute Gasteiger partial charge is 0.212 e. The van der Waals surface area contributed by atoms with Crippen molar-refractivity contribution in [1.82, 2.24) is 14.8 Å². The number of nitrogens with zero attached hydrogens (tertiary/aromatic N) is 3. The highest BCUT2D eigenvalue weighted by Gasteiger charge is 1.95. The Kier molecular flexibility index (Phi) is 1.80. The van der Waals surface area contributed by atoms with Crippen LogP contribution in [-0.4, -0.2) is 14.8 Å². The van der Waals surface area contributed by atoms with Crippen molar-refractivity contribution in [2.75, 3.05) is 0 Å². The zero-order valence-electron chi connectivity index (χ0n) is 6.11. The first-order valence-electron chi connectivity index (χ1n) is 3.40. The van der Waals surface area contributed by atoms with E-state index in [1.54, 1.807) is 16.8 Å². The van der Waals surface area contributed by atoms with E-state index in [0.29, 0.717) is 5.02 Å². The lowest BCUT2D eigenvalue weighted by Gasteiger charge is -1.97. The van der Waals surface area contributed by atoms with Gasteiger partial charge in [-0.3, -0.25) is 0 Å². The number of hydrogen-bond donors (Lipinski definition) is 0. The van der Waals surface area contributed by atoms with Gasteiger partial charge in [0.1, 0.15) is 6.33 Å². The molecule has 1 aromatic carbocycles. The predicted octanol–water partition coefficient (Wildman–Crippen LogP) is 1.72. The number of rotatable bonds is 1. The molecule has 59 valence electrons. The molecule has 0 saturated carbocycles. The van der Waals surface area contributed by atoms with Crippen LogP contribution in [0, 0.1) is 6.33 Å². The molecule has 0 amide bonds. The summed E-state index contributed by atoms with van der Waals surface area (Å²) in [6.45, 7) is 0. The first-order valence-corrected chi connectivity index (χ1v) is 3.78. The molecule has 0 fully saturated rings. The minimum absolute atomic E-state index is 0.707. The lowest BCUT2D eigenvalue weighted by atomic mass is 10.3. The minimum atomic E-state index is 0.707. The van der Waals surface area contributed by atoms with Crippen LogP contribution in [0.15, 0.2) is 30.6 Å². The molecule has 0 aliphatic rings. The Morgan fingerprint density at radius 1 is 1.25 bits per heavy atom. The molecule has 4 heteroatoms. The molecule has 0 aliphatic heterocycles. The number of aromatic nitrogens is 3. The van der Waals surface area contributed by atoms with Gasteiger partial charge in [0.2, 0.25) is 6.33 Å². The van der Waals surface area contributed by atoms with Crippen molar-refractivity contribution < 1.29 is 0 Å². The van der Waals surface area contributed by atoms with E-state index in [9.17, 15) is 0 Å². The molecule has 0 bridgehead atoms. The Morgan fingerprint density at radius 2 is 2.00 bits per heavy atom. The first kappa shape index (κ1) is 7.31. The van der Waals surface area contributed by atoms with Gasteiger partial charge < -0.3 is 0 Å². The van der Waals surface area contributed by atoms with Crippen LogP contribution < -0.4 is 0 Å². The van der Waals surface area contributed by atoms with Crippen molar-refractivity contribution >= 4 is 11.6 Å². The van der Waals surface area contributed by atoms with Gasteiger partial charge in [-0.15, -0.1) is 0 Å². The summed E-state index contributed by atoms with van der Waals surface area (Å²) in [7, 11) is 0. The maximum Gasteiger partial charge on any atom is 0.201 e. The minimum Gasteiger partial charge on any atom is -0.212 e. The summed E-state index contributed by atoms with van der Waals surface area (Å²) in [6, 6.07) is 7.31. The molecule has 2 aromatic rings. The van der Waals surface area contributed by atoms with E-state index in [1.807, 2.05) is 12.1 Å². The summed E-state index contributed by atoms with van der Waals surface area (Å²) in [5, 5.41) is 4.63. The summed E-state index contributed by atoms with van der Waals surface area (Å²) < 4.78 is 1.55. The third-order valence-electron chi connectivity index (χ3n) is 1.45. The van der Waals surface area contributed by atoms with Gasteiger partial charge in [-0.2, -0.15) is 5.10 Å². The molecule has 0 spiro atoms. The van der Waals surface area contributed by atoms with Crippen molar-refractivity contribution in [3.63, 3.8) is 0 Å². The smallest absolute Gasteiger partial charge is 0.201 e. The van der Waals surface area contributed by atoms with Gasteiger partial charge in [-0.05, 0) is 24.3 Å². The summed E-state index contributed by atoms with van der Waals surface area (Å²) in [5.41, 5.74) is 0.900. The second-order valence-corrected chi connectivity index (χ2v) is 2.68. The fourth-order valence-electron chi connectivity index (χ4n) is 0.890. The normalized spacial score (nSPS) is 10.1. The van der Waals surface area contributed by atoms with Gasteiger partial charge in [0.25, 0.3) is 0 Å². The standard InChI is InChI=1S/C8H5ClN3/c9-7-1-3-8(4-2-7)12-6-10-5-11-12/h1-5H. The van der Waals surface area contributed by atoms with Crippen molar-refractivity contribution in [2.24, 2.45) is 0 Å². The monoisotopic (exact) mass is 178 g/mol. The third-order valence-corrected chi connectivity index (χ3v) is 1.70. The first-order chi connectivity index (χ1) is 5.86. The lowest BCUT2D eigenvalue weighted by molar-refractivity contribution is 0.872. The number of hydrogen-bond acceptors (Lipinski definition) is 2. The van der Waals surface area contributed by atoms with Gasteiger partial charge in [0.05, 0.1) is 5.69 Å². The topological polar surface area (TPSA) is 30.7 Å². The summed E-state index contributed by atoms with van der Waals surface area (Å²) in [6.07, 6.45) is 4.12. The zero-order chi connectivity index (χ0) is 8.39. The van der Waals surface area contributed by atoms with E-state index in [-0.39, 0.29) is 0 Å². The maximum atomic E-state index is 5.72. The number of benzene rings is 1. The Hall–Kier alpha value is -1.35. The molecule has 1 radical (unpaired) electrons. The molecule has 0 unspecified atom stereocenters. The highest BCUT2D eigenvalue weighted by atomic mass is 35.5. The molecule has 1 heterocycles. The highest BCUT2D eigenvalue weighted by Crippen LogP contribution is 2.11. The molecular formula is C8H5ClN3. The van der Waals surface area contributed by atoms with Crippen molar-refractivity contribution in [3.05, 3.63) is 41.9 Å². The van der Waals surface area contributed by atoms with E-state index >= 15 is 0 Å². The van der Waals surface area contributed by atoms with E-state index in [1.165, 1.54) is 6.33 Å². The van der Waals surface area contributed by atoms with Crippen LogP contribution >= 0.6 is 11.6 Å². The molecule has 0 aliphatic carbocycles. The fraction of sp³-hybridized carbons (Fsp3) is 0. The van der Waals surface area contributed by atoms with Crippen LogP contribution in [0.1, 0.15) is 0 Å². The SMILES string of the molecule is Clc1ccc(-n2[c]ncn2)cc1. The summed E-state index contributed by atoms with van der Waals surface area (Å²) in [5.74, 6) is 0. The fourth-order valence-corrected chi connectivity index (χ4v) is 1.02. The third kappa shape index (κ3) is 1.31. The van der Waals surface area contributed by atoms with E-state index in [0.717, 1.165) is 5.69 Å². The van der Waals surface area contributed by atoms with E-state index < -0.39 is 0 Å². The molecule has 0 atom stereocenters. The van der Waals surface area contributed by atoms with Gasteiger partial charge in [0.15, 0.2) is 0 Å². The zero-order valence-corrected chi connectivity index (χ0v) is 6.86. The molecule has 2 rings (SSSR count). The summed E-state index contributed by atoms with van der Waals surface area (Å²) in [4.78, 5) is 3.71. The van der Waals surface area contributed by atoms with Crippen LogP contribution in [0.3, 0.4) is 0 Å². The Morgan fingerprint density at radius 3 is 2.58 bits per heavy atom. The summed E-state index contributed by atoms with van der Waals surface area (Å²) >= 11 is 5.72. The molecule has 12 heavy (non-hydrogen) atoms. The Balaban J connectivity index is 2.43. The van der Waals surface area contributed by atoms with Crippen molar-refractivity contribution in [3.8, 4) is 5.69 Å². The average molecular weight is 179 g/mol. The quantitative estimate of drug-likeness (QED) is 0.666. The van der Waals surface area contributed by atoms with E-state index in [4.69, 9.17) is 11.6 Å². The average Bonchev–Trinajstić information content (AvgIpc) is 2.58. The van der Waals surface area contributed by atoms with Crippen LogP contribution in [0.25, 0.3) is 5.69 Å². The van der Waals surface area contributed by atoms with Gasteiger partial charge in [-0.1, -0.05) is 11.6 Å². The van der Waals surface area contributed by atoms with Gasteiger partial charge in [-0.25, -0.2) is 9.67 Å². The Labute approximate surface area is 74.6 Å².